The van der Waals surface area contributed by atoms with Gasteiger partial charge in [-0.25, -0.2) is 0 Å². The van der Waals surface area contributed by atoms with Crippen LogP contribution < -0.4 is 4.74 Å². The molecular formula is C17H12N2O2. The van der Waals surface area contributed by atoms with E-state index < -0.39 is 6.10 Å². The van der Waals surface area contributed by atoms with Crippen LogP contribution in [0.2, 0.25) is 0 Å². The van der Waals surface area contributed by atoms with Gasteiger partial charge in [0.05, 0.1) is 29.4 Å². The van der Waals surface area contributed by atoms with Gasteiger partial charge >= 0.3 is 0 Å². The molecule has 0 bridgehead atoms. The van der Waals surface area contributed by atoms with Crippen molar-refractivity contribution in [1.82, 2.24) is 0 Å². The molecule has 0 aromatic heterocycles. The van der Waals surface area contributed by atoms with Crippen molar-refractivity contribution >= 4 is 0 Å². The molecule has 1 aliphatic rings. The third kappa shape index (κ3) is 2.45. The topological polar surface area (TPSA) is 77.0 Å². The first kappa shape index (κ1) is 13.2. The Labute approximate surface area is 122 Å². The van der Waals surface area contributed by atoms with Gasteiger partial charge in [-0.05, 0) is 42.7 Å². The molecule has 1 N–H and O–H groups in total. The van der Waals surface area contributed by atoms with Gasteiger partial charge in [0.2, 0.25) is 0 Å². The van der Waals surface area contributed by atoms with Crippen LogP contribution in [0.25, 0.3) is 0 Å². The summed E-state index contributed by atoms with van der Waals surface area (Å²) in [7, 11) is 0. The standard InChI is InChI=1S/C17H12N2O2/c18-9-11-6-12(10-19)8-13(7-11)21-17-3-1-2-14-15(17)4-5-16(14)20/h1-3,6-8,16,20H,4-5H2. The summed E-state index contributed by atoms with van der Waals surface area (Å²) in [5, 5.41) is 27.9. The summed E-state index contributed by atoms with van der Waals surface area (Å²) in [6.45, 7) is 0. The van der Waals surface area contributed by atoms with Gasteiger partial charge < -0.3 is 9.84 Å². The fourth-order valence-electron chi connectivity index (χ4n) is 2.61. The van der Waals surface area contributed by atoms with Crippen molar-refractivity contribution in [3.05, 3.63) is 58.7 Å². The Balaban J connectivity index is 1.99. The number of hydrogen-bond acceptors (Lipinski definition) is 4. The summed E-state index contributed by atoms with van der Waals surface area (Å²) in [6.07, 6.45) is 1.01. The van der Waals surface area contributed by atoms with Crippen molar-refractivity contribution in [1.29, 1.82) is 10.5 Å². The minimum Gasteiger partial charge on any atom is -0.457 e. The first-order valence-electron chi connectivity index (χ1n) is 6.64. The fraction of sp³-hybridized carbons (Fsp3) is 0.176. The van der Waals surface area contributed by atoms with E-state index in [1.54, 1.807) is 12.1 Å². The zero-order chi connectivity index (χ0) is 14.8. The maximum absolute atomic E-state index is 9.89. The Morgan fingerprint density at radius 1 is 1.10 bits per heavy atom. The zero-order valence-electron chi connectivity index (χ0n) is 11.2. The van der Waals surface area contributed by atoms with Crippen LogP contribution in [0.3, 0.4) is 0 Å². The van der Waals surface area contributed by atoms with Gasteiger partial charge in [-0.1, -0.05) is 12.1 Å². The number of fused-ring (bicyclic) bond motifs is 1. The molecule has 1 unspecified atom stereocenters. The van der Waals surface area contributed by atoms with Crippen molar-refractivity contribution < 1.29 is 9.84 Å². The van der Waals surface area contributed by atoms with Crippen LogP contribution in [0.4, 0.5) is 0 Å². The molecule has 0 fully saturated rings. The van der Waals surface area contributed by atoms with Crippen LogP contribution in [0.5, 0.6) is 11.5 Å². The summed E-state index contributed by atoms with van der Waals surface area (Å²) in [4.78, 5) is 0. The number of aliphatic hydroxyl groups is 1. The van der Waals surface area contributed by atoms with Crippen molar-refractivity contribution in [3.8, 4) is 23.6 Å². The number of nitrogens with zero attached hydrogens (tertiary/aromatic N) is 2. The molecular weight excluding hydrogens is 264 g/mol. The molecule has 0 heterocycles. The molecule has 4 nitrogen and oxygen atoms in total. The van der Waals surface area contributed by atoms with Crippen LogP contribution in [0, 0.1) is 22.7 Å². The maximum Gasteiger partial charge on any atom is 0.130 e. The molecule has 0 amide bonds. The van der Waals surface area contributed by atoms with E-state index in [0.717, 1.165) is 17.5 Å². The molecule has 102 valence electrons. The van der Waals surface area contributed by atoms with Crippen LogP contribution >= 0.6 is 0 Å². The van der Waals surface area contributed by atoms with Gasteiger partial charge in [0.15, 0.2) is 0 Å². The zero-order valence-corrected chi connectivity index (χ0v) is 11.2. The van der Waals surface area contributed by atoms with Gasteiger partial charge in [0, 0.05) is 5.56 Å². The van der Waals surface area contributed by atoms with E-state index in [1.165, 1.54) is 6.07 Å². The molecule has 0 radical (unpaired) electrons. The quantitative estimate of drug-likeness (QED) is 0.913. The van der Waals surface area contributed by atoms with E-state index in [0.29, 0.717) is 29.0 Å². The average Bonchev–Trinajstić information content (AvgIpc) is 2.89. The first-order chi connectivity index (χ1) is 10.2. The maximum atomic E-state index is 9.89. The second-order valence-corrected chi connectivity index (χ2v) is 4.95. The summed E-state index contributed by atoms with van der Waals surface area (Å²) < 4.78 is 5.84. The lowest BCUT2D eigenvalue weighted by atomic mass is 10.1. The molecule has 2 aromatic rings. The minimum absolute atomic E-state index is 0.386. The molecule has 0 saturated carbocycles. The smallest absolute Gasteiger partial charge is 0.130 e. The van der Waals surface area contributed by atoms with Gasteiger partial charge in [-0.3, -0.25) is 0 Å². The molecule has 0 aliphatic heterocycles. The molecule has 1 atom stereocenters. The van der Waals surface area contributed by atoms with Gasteiger partial charge in [-0.15, -0.1) is 0 Å². The van der Waals surface area contributed by atoms with Crippen LogP contribution in [0.1, 0.15) is 34.8 Å². The SMILES string of the molecule is N#Cc1cc(C#N)cc(Oc2cccc3c2CCC3O)c1. The molecule has 2 aromatic carbocycles. The van der Waals surface area contributed by atoms with Crippen molar-refractivity contribution in [2.24, 2.45) is 0 Å². The first-order valence-corrected chi connectivity index (χ1v) is 6.64. The monoisotopic (exact) mass is 276 g/mol. The van der Waals surface area contributed by atoms with E-state index in [9.17, 15) is 5.11 Å². The average molecular weight is 276 g/mol. The van der Waals surface area contributed by atoms with Crippen LogP contribution in [-0.2, 0) is 6.42 Å². The normalized spacial score (nSPS) is 15.9. The van der Waals surface area contributed by atoms with Crippen molar-refractivity contribution in [3.63, 3.8) is 0 Å². The Kier molecular flexibility index (Phi) is 3.31. The molecule has 0 spiro atoms. The number of benzene rings is 2. The number of hydrogen-bond donors (Lipinski definition) is 1. The third-order valence-electron chi connectivity index (χ3n) is 3.59. The van der Waals surface area contributed by atoms with E-state index in [4.69, 9.17) is 15.3 Å². The number of ether oxygens (including phenoxy) is 1. The lowest BCUT2D eigenvalue weighted by Gasteiger charge is -2.11. The highest BCUT2D eigenvalue weighted by molar-refractivity contribution is 5.50. The summed E-state index contributed by atoms with van der Waals surface area (Å²) in [6, 6.07) is 14.3. The second kappa shape index (κ2) is 5.28. The minimum atomic E-state index is -0.441. The summed E-state index contributed by atoms with van der Waals surface area (Å²) in [5.41, 5.74) is 2.66. The molecule has 3 rings (SSSR count). The van der Waals surface area contributed by atoms with E-state index in [1.807, 2.05) is 30.3 Å². The van der Waals surface area contributed by atoms with Crippen LogP contribution in [0.15, 0.2) is 36.4 Å². The largest absolute Gasteiger partial charge is 0.457 e. The third-order valence-corrected chi connectivity index (χ3v) is 3.59. The van der Waals surface area contributed by atoms with E-state index >= 15 is 0 Å². The highest BCUT2D eigenvalue weighted by atomic mass is 16.5. The molecule has 1 aliphatic carbocycles. The molecule has 4 heteroatoms. The predicted molar refractivity (Wildman–Crippen MR) is 75.7 cm³/mol. The van der Waals surface area contributed by atoms with Gasteiger partial charge in [0.1, 0.15) is 11.5 Å². The predicted octanol–water partition coefficient (Wildman–Crippen LogP) is 3.20. The lowest BCUT2D eigenvalue weighted by Crippen LogP contribution is -1.93. The van der Waals surface area contributed by atoms with Gasteiger partial charge in [0.25, 0.3) is 0 Å². The van der Waals surface area contributed by atoms with Crippen molar-refractivity contribution in [2.45, 2.75) is 18.9 Å². The summed E-state index contributed by atoms with van der Waals surface area (Å²) >= 11 is 0. The number of nitriles is 2. The van der Waals surface area contributed by atoms with E-state index in [-0.39, 0.29) is 0 Å². The molecule has 0 saturated heterocycles. The lowest BCUT2D eigenvalue weighted by molar-refractivity contribution is 0.180. The van der Waals surface area contributed by atoms with Crippen LogP contribution in [-0.4, -0.2) is 5.11 Å². The number of rotatable bonds is 2. The second-order valence-electron chi connectivity index (χ2n) is 4.95. The Hall–Kier alpha value is -2.82. The summed E-state index contributed by atoms with van der Waals surface area (Å²) in [5.74, 6) is 1.13. The van der Waals surface area contributed by atoms with E-state index in [2.05, 4.69) is 0 Å². The Morgan fingerprint density at radius 2 is 1.81 bits per heavy atom. The van der Waals surface area contributed by atoms with Crippen molar-refractivity contribution in [2.75, 3.05) is 0 Å². The van der Waals surface area contributed by atoms with Gasteiger partial charge in [-0.2, -0.15) is 10.5 Å². The fourth-order valence-corrected chi connectivity index (χ4v) is 2.61. The highest BCUT2D eigenvalue weighted by Crippen LogP contribution is 2.38. The number of aliphatic hydroxyl groups excluding tert-OH is 1. The Bertz CT molecular complexity index is 752. The Morgan fingerprint density at radius 3 is 2.48 bits per heavy atom. The molecule has 21 heavy (non-hydrogen) atoms. The highest BCUT2D eigenvalue weighted by Gasteiger charge is 2.23.